The lowest BCUT2D eigenvalue weighted by atomic mass is 9.87. The normalized spacial score (nSPS) is 34.0. The van der Waals surface area contributed by atoms with Gasteiger partial charge in [-0.1, -0.05) is 0 Å². The molecule has 2 aliphatic heterocycles. The maximum absolute atomic E-state index is 11.6. The second kappa shape index (κ2) is 4.98. The van der Waals surface area contributed by atoms with Gasteiger partial charge in [0.05, 0.1) is 23.2 Å². The Morgan fingerprint density at radius 2 is 1.89 bits per heavy atom. The maximum atomic E-state index is 11.6. The summed E-state index contributed by atoms with van der Waals surface area (Å²) in [6, 6.07) is 0. The molecule has 2 aliphatic rings. The Hall–Kier alpha value is -0.170. The van der Waals surface area contributed by atoms with Crippen LogP contribution in [0.3, 0.4) is 0 Å². The van der Waals surface area contributed by atoms with Gasteiger partial charge in [-0.3, -0.25) is 4.90 Å². The van der Waals surface area contributed by atoms with Crippen LogP contribution in [0.25, 0.3) is 0 Å². The van der Waals surface area contributed by atoms with Crippen molar-refractivity contribution in [3.05, 3.63) is 0 Å². The summed E-state index contributed by atoms with van der Waals surface area (Å²) in [6.45, 7) is 8.40. The first-order chi connectivity index (χ1) is 8.68. The van der Waals surface area contributed by atoms with E-state index in [1.807, 2.05) is 0 Å². The zero-order valence-corrected chi connectivity index (χ0v) is 13.0. The molecule has 0 spiro atoms. The second-order valence-electron chi connectivity index (χ2n) is 6.65. The van der Waals surface area contributed by atoms with Crippen LogP contribution < -0.4 is 5.73 Å². The fourth-order valence-electron chi connectivity index (χ4n) is 3.38. The van der Waals surface area contributed by atoms with Gasteiger partial charge < -0.3 is 10.5 Å². The minimum atomic E-state index is -2.86. The van der Waals surface area contributed by atoms with Crippen molar-refractivity contribution in [3.63, 3.8) is 0 Å². The zero-order valence-electron chi connectivity index (χ0n) is 12.2. The van der Waals surface area contributed by atoms with Crippen molar-refractivity contribution >= 4 is 9.84 Å². The monoisotopic (exact) mass is 290 g/mol. The first-order valence-corrected chi connectivity index (χ1v) is 8.84. The molecule has 0 radical (unpaired) electrons. The highest BCUT2D eigenvalue weighted by Crippen LogP contribution is 2.34. The third-order valence-corrected chi connectivity index (χ3v) is 6.03. The molecule has 0 aromatic heterocycles. The van der Waals surface area contributed by atoms with Gasteiger partial charge in [-0.15, -0.1) is 0 Å². The van der Waals surface area contributed by atoms with Crippen LogP contribution in [0.15, 0.2) is 0 Å². The third kappa shape index (κ3) is 3.29. The number of nitrogens with two attached hydrogens (primary N) is 1. The van der Waals surface area contributed by atoms with E-state index in [0.29, 0.717) is 19.4 Å². The molecule has 2 saturated heterocycles. The van der Waals surface area contributed by atoms with Crippen molar-refractivity contribution in [3.8, 4) is 0 Å². The van der Waals surface area contributed by atoms with Crippen molar-refractivity contribution < 1.29 is 13.2 Å². The quantitative estimate of drug-likeness (QED) is 0.796. The molecule has 0 bridgehead atoms. The first-order valence-electron chi connectivity index (χ1n) is 7.01. The number of ether oxygens (including phenoxy) is 1. The van der Waals surface area contributed by atoms with Gasteiger partial charge in [0.15, 0.2) is 0 Å². The van der Waals surface area contributed by atoms with Gasteiger partial charge in [0.25, 0.3) is 0 Å². The van der Waals surface area contributed by atoms with E-state index in [2.05, 4.69) is 25.7 Å². The Bertz CT molecular complexity index is 419. The van der Waals surface area contributed by atoms with Crippen LogP contribution in [0.2, 0.25) is 0 Å². The molecule has 2 rings (SSSR count). The summed E-state index contributed by atoms with van der Waals surface area (Å²) < 4.78 is 29.2. The molecule has 2 heterocycles. The molecule has 19 heavy (non-hydrogen) atoms. The van der Waals surface area contributed by atoms with Crippen LogP contribution in [0.4, 0.5) is 0 Å². The summed E-state index contributed by atoms with van der Waals surface area (Å²) in [4.78, 5) is 2.37. The van der Waals surface area contributed by atoms with Crippen molar-refractivity contribution in [1.82, 2.24) is 4.90 Å². The molecular weight excluding hydrogens is 264 g/mol. The average molecular weight is 290 g/mol. The summed E-state index contributed by atoms with van der Waals surface area (Å²) in [5, 5.41) is 0. The number of morpholine rings is 1. The molecule has 0 saturated carbocycles. The zero-order chi connectivity index (χ0) is 14.3. The van der Waals surface area contributed by atoms with E-state index in [1.54, 1.807) is 0 Å². The van der Waals surface area contributed by atoms with E-state index in [1.165, 1.54) is 0 Å². The number of hydrogen-bond donors (Lipinski definition) is 1. The lowest BCUT2D eigenvalue weighted by Crippen LogP contribution is -2.65. The molecule has 5 nitrogen and oxygen atoms in total. The summed E-state index contributed by atoms with van der Waals surface area (Å²) in [5.74, 6) is 0.521. The molecule has 0 amide bonds. The standard InChI is InChI=1S/C13H26N2O3S/c1-11-8-15(10-12(2,3)18-11)13(9-14)4-6-19(16,17)7-5-13/h11H,4-10,14H2,1-3H3. The highest BCUT2D eigenvalue weighted by atomic mass is 32.2. The van der Waals surface area contributed by atoms with Gasteiger partial charge in [0, 0.05) is 25.2 Å². The highest BCUT2D eigenvalue weighted by Gasteiger charge is 2.45. The van der Waals surface area contributed by atoms with Crippen molar-refractivity contribution in [1.29, 1.82) is 0 Å². The Morgan fingerprint density at radius 3 is 2.37 bits per heavy atom. The van der Waals surface area contributed by atoms with Crippen LogP contribution in [0, 0.1) is 0 Å². The summed E-state index contributed by atoms with van der Waals surface area (Å²) >= 11 is 0. The van der Waals surface area contributed by atoms with Gasteiger partial charge in [0.1, 0.15) is 9.84 Å². The number of nitrogens with zero attached hydrogens (tertiary/aromatic N) is 1. The van der Waals surface area contributed by atoms with Gasteiger partial charge in [-0.05, 0) is 33.6 Å². The van der Waals surface area contributed by atoms with E-state index in [-0.39, 0.29) is 28.7 Å². The second-order valence-corrected chi connectivity index (χ2v) is 8.95. The molecule has 0 aliphatic carbocycles. The lowest BCUT2D eigenvalue weighted by Gasteiger charge is -2.52. The predicted molar refractivity (Wildman–Crippen MR) is 75.9 cm³/mol. The maximum Gasteiger partial charge on any atom is 0.150 e. The average Bonchev–Trinajstić information content (AvgIpc) is 2.27. The lowest BCUT2D eigenvalue weighted by molar-refractivity contribution is -0.153. The highest BCUT2D eigenvalue weighted by molar-refractivity contribution is 7.91. The predicted octanol–water partition coefficient (Wildman–Crippen LogP) is 0.392. The third-order valence-electron chi connectivity index (χ3n) is 4.38. The molecule has 6 heteroatoms. The molecule has 1 unspecified atom stereocenters. The van der Waals surface area contributed by atoms with Crippen molar-refractivity contribution in [2.45, 2.75) is 50.9 Å². The Kier molecular flexibility index (Phi) is 3.99. The smallest absolute Gasteiger partial charge is 0.150 e. The van der Waals surface area contributed by atoms with Crippen LogP contribution >= 0.6 is 0 Å². The van der Waals surface area contributed by atoms with Crippen LogP contribution in [0.5, 0.6) is 0 Å². The van der Waals surface area contributed by atoms with Crippen molar-refractivity contribution in [2.24, 2.45) is 5.73 Å². The van der Waals surface area contributed by atoms with Gasteiger partial charge in [-0.2, -0.15) is 0 Å². The number of hydrogen-bond acceptors (Lipinski definition) is 5. The molecule has 0 aromatic carbocycles. The Morgan fingerprint density at radius 1 is 1.32 bits per heavy atom. The molecule has 2 N–H and O–H groups in total. The molecule has 0 aromatic rings. The molecule has 112 valence electrons. The van der Waals surface area contributed by atoms with Crippen molar-refractivity contribution in [2.75, 3.05) is 31.1 Å². The van der Waals surface area contributed by atoms with E-state index >= 15 is 0 Å². The minimum Gasteiger partial charge on any atom is -0.370 e. The van der Waals surface area contributed by atoms with Gasteiger partial charge >= 0.3 is 0 Å². The van der Waals surface area contributed by atoms with Gasteiger partial charge in [0.2, 0.25) is 0 Å². The Labute approximate surface area is 116 Å². The largest absolute Gasteiger partial charge is 0.370 e. The molecule has 1 atom stereocenters. The Balaban J connectivity index is 2.17. The van der Waals surface area contributed by atoms with E-state index in [9.17, 15) is 8.42 Å². The summed E-state index contributed by atoms with van der Waals surface area (Å²) in [7, 11) is -2.86. The molecule has 2 fully saturated rings. The topological polar surface area (TPSA) is 72.6 Å². The van der Waals surface area contributed by atoms with Crippen LogP contribution in [-0.2, 0) is 14.6 Å². The van der Waals surface area contributed by atoms with Crippen LogP contribution in [-0.4, -0.2) is 61.7 Å². The fourth-order valence-corrected chi connectivity index (χ4v) is 4.97. The van der Waals surface area contributed by atoms with E-state index < -0.39 is 9.84 Å². The van der Waals surface area contributed by atoms with Gasteiger partial charge in [-0.25, -0.2) is 8.42 Å². The van der Waals surface area contributed by atoms with E-state index in [4.69, 9.17) is 10.5 Å². The van der Waals surface area contributed by atoms with E-state index in [0.717, 1.165) is 13.1 Å². The summed E-state index contributed by atoms with van der Waals surface area (Å²) in [5.41, 5.74) is 5.65. The summed E-state index contributed by atoms with van der Waals surface area (Å²) in [6.07, 6.45) is 1.45. The first kappa shape index (κ1) is 15.2. The molecular formula is C13H26N2O3S. The SMILES string of the molecule is CC1CN(C2(CN)CCS(=O)(=O)CC2)CC(C)(C)O1. The van der Waals surface area contributed by atoms with Crippen LogP contribution in [0.1, 0.15) is 33.6 Å². The fraction of sp³-hybridized carbons (Fsp3) is 1.00. The minimum absolute atomic E-state index is 0.158. The number of rotatable bonds is 2. The number of sulfone groups is 1.